The molecule has 0 radical (unpaired) electrons. The monoisotopic (exact) mass is 812 g/mol. The average Bonchev–Trinajstić information content (AvgIpc) is 3.92. The third-order valence-corrected chi connectivity index (χ3v) is 14.0. The smallest absolute Gasteiger partial charge is 0.234 e. The lowest BCUT2D eigenvalue weighted by Gasteiger charge is -2.51. The molecule has 59 heavy (non-hydrogen) atoms. The Morgan fingerprint density at radius 3 is 2.49 bits per heavy atom. The molecular weight excluding hydrogens is 765 g/mol. The number of nitrogens with zero attached hydrogens (tertiary/aromatic N) is 10. The maximum atomic E-state index is 12.4. The topological polar surface area (TPSA) is 170 Å². The number of nitrogens with one attached hydrogen (secondary N) is 2. The van der Waals surface area contributed by atoms with Gasteiger partial charge < -0.3 is 19.9 Å². The summed E-state index contributed by atoms with van der Waals surface area (Å²) in [5, 5.41) is 31.6. The highest BCUT2D eigenvalue weighted by Gasteiger charge is 2.40. The van der Waals surface area contributed by atoms with Gasteiger partial charge in [0.05, 0.1) is 40.1 Å². The van der Waals surface area contributed by atoms with Crippen molar-refractivity contribution in [3.8, 4) is 28.0 Å². The van der Waals surface area contributed by atoms with Crippen LogP contribution in [0.4, 0.5) is 16.6 Å². The quantitative estimate of drug-likeness (QED) is 0.185. The van der Waals surface area contributed by atoms with Gasteiger partial charge in [-0.05, 0) is 86.8 Å². The molecule has 5 saturated heterocycles. The normalized spacial score (nSPS) is 23.3. The van der Waals surface area contributed by atoms with Crippen molar-refractivity contribution in [3.05, 3.63) is 66.1 Å². The molecule has 10 rings (SSSR count). The number of carbonyl (C=O) groups is 2. The van der Waals surface area contributed by atoms with Gasteiger partial charge in [0.15, 0.2) is 5.01 Å². The Bertz CT molecular complexity index is 2360. The van der Waals surface area contributed by atoms with Crippen molar-refractivity contribution in [1.29, 1.82) is 5.26 Å². The fourth-order valence-corrected chi connectivity index (χ4v) is 10.6. The summed E-state index contributed by atoms with van der Waals surface area (Å²) in [7, 11) is 0. The first-order valence-electron chi connectivity index (χ1n) is 21.1. The zero-order chi connectivity index (χ0) is 39.9. The number of amides is 2. The van der Waals surface area contributed by atoms with Gasteiger partial charge in [-0.1, -0.05) is 23.8 Å². The number of rotatable bonds is 9. The van der Waals surface area contributed by atoms with Crippen molar-refractivity contribution in [2.45, 2.75) is 81.8 Å². The van der Waals surface area contributed by atoms with Crippen LogP contribution in [-0.2, 0) is 14.3 Å². The number of ether oxygens (including phenoxy) is 1. The number of carbonyl (C=O) groups excluding carboxylic acids is 2. The zero-order valence-corrected chi connectivity index (χ0v) is 33.8. The van der Waals surface area contributed by atoms with Crippen LogP contribution in [0, 0.1) is 17.2 Å². The molecule has 304 valence electrons. The molecule has 0 aromatic carbocycles. The van der Waals surface area contributed by atoms with E-state index in [-0.39, 0.29) is 23.8 Å². The van der Waals surface area contributed by atoms with Gasteiger partial charge >= 0.3 is 0 Å². The minimum absolute atomic E-state index is 0.195. The van der Waals surface area contributed by atoms with Gasteiger partial charge in [-0.2, -0.15) is 10.4 Å². The van der Waals surface area contributed by atoms with E-state index in [2.05, 4.69) is 42.6 Å². The molecule has 2 bridgehead atoms. The minimum atomic E-state index is -0.307. The Morgan fingerprint density at radius 1 is 0.898 bits per heavy atom. The summed E-state index contributed by atoms with van der Waals surface area (Å²) >= 11 is 1.65. The van der Waals surface area contributed by atoms with Crippen LogP contribution >= 0.6 is 11.3 Å². The third-order valence-electron chi connectivity index (χ3n) is 13.0. The highest BCUT2D eigenvalue weighted by molar-refractivity contribution is 7.18. The fraction of sp³-hybridized carbons (Fsp3) is 0.488. The van der Waals surface area contributed by atoms with E-state index in [4.69, 9.17) is 24.9 Å². The van der Waals surface area contributed by atoms with Crippen LogP contribution in [0.25, 0.3) is 27.5 Å². The molecule has 0 saturated carbocycles. The van der Waals surface area contributed by atoms with Gasteiger partial charge in [-0.3, -0.25) is 24.8 Å². The van der Waals surface area contributed by atoms with Gasteiger partial charge in [0.2, 0.25) is 16.9 Å². The molecule has 0 aliphatic carbocycles. The van der Waals surface area contributed by atoms with Crippen LogP contribution in [0.5, 0.6) is 0 Å². The molecule has 15 nitrogen and oxygen atoms in total. The number of hydrogen-bond acceptors (Lipinski definition) is 14. The van der Waals surface area contributed by atoms with E-state index in [1.54, 1.807) is 17.5 Å². The predicted molar refractivity (Wildman–Crippen MR) is 224 cm³/mol. The molecule has 5 fully saturated rings. The van der Waals surface area contributed by atoms with E-state index in [9.17, 15) is 14.9 Å². The predicted octanol–water partition coefficient (Wildman–Crippen LogP) is 5.25. The number of nitriles is 1. The first-order chi connectivity index (χ1) is 29.0. The number of pyridine rings is 2. The Kier molecular flexibility index (Phi) is 10.4. The van der Waals surface area contributed by atoms with E-state index in [0.717, 1.165) is 121 Å². The lowest BCUT2D eigenvalue weighted by Crippen LogP contribution is -2.62. The Labute approximate surface area is 346 Å². The van der Waals surface area contributed by atoms with E-state index in [0.29, 0.717) is 36.4 Å². The SMILES string of the molecule is N#Cc1cnn2c(-c3cc(NC4CCOCC4)c(-c4nnc(N5C[C@H]6CCC[C@@H](C5)N6CC5CCN(c6ccc([C@@H]7CCC(=O)NC7=O)cn6)CC5)s4)cn3)ccc2c1. The fourth-order valence-electron chi connectivity index (χ4n) is 9.75. The molecule has 5 aliphatic rings. The minimum Gasteiger partial charge on any atom is -0.381 e. The van der Waals surface area contributed by atoms with Crippen molar-refractivity contribution in [1.82, 2.24) is 40.0 Å². The van der Waals surface area contributed by atoms with Crippen LogP contribution in [0.1, 0.15) is 74.8 Å². The average molecular weight is 813 g/mol. The first-order valence-corrected chi connectivity index (χ1v) is 21.9. The molecule has 5 aromatic rings. The van der Waals surface area contributed by atoms with E-state index in [1.165, 1.54) is 19.3 Å². The molecule has 2 amide bonds. The second-order valence-electron chi connectivity index (χ2n) is 16.7. The van der Waals surface area contributed by atoms with Gasteiger partial charge in [-0.15, -0.1) is 10.2 Å². The van der Waals surface area contributed by atoms with Crippen molar-refractivity contribution < 1.29 is 14.3 Å². The third kappa shape index (κ3) is 7.74. The number of imide groups is 1. The maximum Gasteiger partial charge on any atom is 0.234 e. The Morgan fingerprint density at radius 2 is 1.73 bits per heavy atom. The summed E-state index contributed by atoms with van der Waals surface area (Å²) in [5.41, 5.74) is 5.80. The van der Waals surface area contributed by atoms with Crippen LogP contribution in [0.2, 0.25) is 0 Å². The molecule has 2 N–H and O–H groups in total. The Balaban J connectivity index is 0.801. The number of hydrogen-bond donors (Lipinski definition) is 2. The number of piperazine rings is 1. The lowest BCUT2D eigenvalue weighted by atomic mass is 9.88. The second-order valence-corrected chi connectivity index (χ2v) is 17.6. The van der Waals surface area contributed by atoms with Gasteiger partial charge in [0.25, 0.3) is 0 Å². The lowest BCUT2D eigenvalue weighted by molar-refractivity contribution is -0.134. The second kappa shape index (κ2) is 16.3. The zero-order valence-electron chi connectivity index (χ0n) is 33.0. The van der Waals surface area contributed by atoms with E-state index >= 15 is 0 Å². The largest absolute Gasteiger partial charge is 0.381 e. The molecule has 5 aromatic heterocycles. The van der Waals surface area contributed by atoms with Crippen molar-refractivity contribution in [2.24, 2.45) is 5.92 Å². The van der Waals surface area contributed by atoms with Crippen LogP contribution in [0.15, 0.2) is 55.0 Å². The molecule has 0 spiro atoms. The van der Waals surface area contributed by atoms with E-state index in [1.807, 2.05) is 47.2 Å². The Hall–Kier alpha value is -5.50. The van der Waals surface area contributed by atoms with Crippen molar-refractivity contribution in [2.75, 3.05) is 61.1 Å². The van der Waals surface area contributed by atoms with Gasteiger partial charge in [0, 0.05) is 88.6 Å². The number of aromatic nitrogens is 6. The van der Waals surface area contributed by atoms with Gasteiger partial charge in [-0.25, -0.2) is 9.50 Å². The highest BCUT2D eigenvalue weighted by atomic mass is 32.1. The standard InChI is InChI=1S/C43H48N12O3S/c44-20-28-18-31-5-7-38(55(31)47-21-28)37-19-36(48-30-12-16-58-17-13-30)35(23-45-37)42-50-51-43(59-42)53-25-32-2-1-3-33(26-53)54(32)24-27-10-14-52(15-11-27)39-8-4-29(22-46-39)34-6-9-40(56)49-41(34)57/h4-5,7-8,18-19,21-23,27,30,32-34H,1-3,6,9-17,24-26H2,(H,45,48)(H,49,56,57)/t32-,33+,34-/m0/s1. The van der Waals surface area contributed by atoms with Crippen LogP contribution in [-0.4, -0.2) is 111 Å². The summed E-state index contributed by atoms with van der Waals surface area (Å²) in [6.07, 6.45) is 14.0. The highest BCUT2D eigenvalue weighted by Crippen LogP contribution is 2.39. The van der Waals surface area contributed by atoms with E-state index < -0.39 is 0 Å². The summed E-state index contributed by atoms with van der Waals surface area (Å²) in [6.45, 7) is 6.46. The molecular formula is C43H48N12O3S. The number of anilines is 3. The van der Waals surface area contributed by atoms with Crippen molar-refractivity contribution >= 4 is 45.3 Å². The molecule has 3 atom stereocenters. The number of piperidine rings is 3. The summed E-state index contributed by atoms with van der Waals surface area (Å²) in [6, 6.07) is 15.4. The van der Waals surface area contributed by atoms with Crippen LogP contribution in [0.3, 0.4) is 0 Å². The summed E-state index contributed by atoms with van der Waals surface area (Å²) in [4.78, 5) is 41.3. The maximum absolute atomic E-state index is 12.4. The molecule has 0 unspecified atom stereocenters. The summed E-state index contributed by atoms with van der Waals surface area (Å²) in [5.74, 6) is 0.881. The number of fused-ring (bicyclic) bond motifs is 3. The molecule has 16 heteroatoms. The summed E-state index contributed by atoms with van der Waals surface area (Å²) < 4.78 is 7.49. The van der Waals surface area contributed by atoms with Crippen LogP contribution < -0.4 is 20.4 Å². The molecule has 5 aliphatic heterocycles. The molecule has 10 heterocycles. The van der Waals surface area contributed by atoms with Crippen molar-refractivity contribution in [3.63, 3.8) is 0 Å². The van der Waals surface area contributed by atoms with Gasteiger partial charge in [0.1, 0.15) is 11.9 Å². The first kappa shape index (κ1) is 37.7.